The highest BCUT2D eigenvalue weighted by Crippen LogP contribution is 2.27. The molecule has 0 aliphatic carbocycles. The first kappa shape index (κ1) is 12.0. The smallest absolute Gasteiger partial charge is 0.238 e. The van der Waals surface area contributed by atoms with Crippen LogP contribution in [0.2, 0.25) is 0 Å². The highest BCUT2D eigenvalue weighted by atomic mass is 79.9. The summed E-state index contributed by atoms with van der Waals surface area (Å²) in [5.74, 6) is 2.77. The molecule has 0 bridgehead atoms. The van der Waals surface area contributed by atoms with Crippen molar-refractivity contribution in [1.29, 1.82) is 0 Å². The summed E-state index contributed by atoms with van der Waals surface area (Å²) in [4.78, 5) is 0.0161. The van der Waals surface area contributed by atoms with Gasteiger partial charge in [0.25, 0.3) is 0 Å². The molecule has 0 radical (unpaired) electrons. The third kappa shape index (κ3) is 3.23. The van der Waals surface area contributed by atoms with E-state index in [-0.39, 0.29) is 11.5 Å². The van der Waals surface area contributed by atoms with Gasteiger partial charge < -0.3 is 4.74 Å². The topological polar surface area (TPSA) is 69.4 Å². The second-order valence-corrected chi connectivity index (χ2v) is 5.05. The molecule has 0 fully saturated rings. The number of halogens is 1. The van der Waals surface area contributed by atoms with Crippen LogP contribution in [0.4, 0.5) is 0 Å². The SMILES string of the molecule is C#CCOc1ccc(S(N)(=O)=O)cc1Br. The summed E-state index contributed by atoms with van der Waals surface area (Å²) in [5, 5.41) is 4.95. The van der Waals surface area contributed by atoms with Crippen LogP contribution in [-0.4, -0.2) is 15.0 Å². The Kier molecular flexibility index (Phi) is 3.74. The maximum Gasteiger partial charge on any atom is 0.238 e. The molecule has 4 nitrogen and oxygen atoms in total. The molecule has 0 unspecified atom stereocenters. The molecule has 80 valence electrons. The summed E-state index contributed by atoms with van der Waals surface area (Å²) in [5.41, 5.74) is 0. The van der Waals surface area contributed by atoms with Gasteiger partial charge in [0.05, 0.1) is 9.37 Å². The van der Waals surface area contributed by atoms with E-state index in [2.05, 4.69) is 21.9 Å². The number of hydrogen-bond acceptors (Lipinski definition) is 3. The molecule has 1 aromatic rings. The zero-order valence-corrected chi connectivity index (χ0v) is 10.0. The number of hydrogen-bond donors (Lipinski definition) is 1. The number of sulfonamides is 1. The second kappa shape index (κ2) is 4.66. The van der Waals surface area contributed by atoms with E-state index in [0.717, 1.165) is 0 Å². The van der Waals surface area contributed by atoms with Gasteiger partial charge in [-0.1, -0.05) is 5.92 Å². The van der Waals surface area contributed by atoms with Gasteiger partial charge in [-0.25, -0.2) is 13.6 Å². The van der Waals surface area contributed by atoms with Crippen LogP contribution in [0.25, 0.3) is 0 Å². The van der Waals surface area contributed by atoms with Gasteiger partial charge in [-0.2, -0.15) is 0 Å². The zero-order chi connectivity index (χ0) is 11.5. The van der Waals surface area contributed by atoms with Gasteiger partial charge in [-0.05, 0) is 34.1 Å². The normalized spacial score (nSPS) is 10.7. The van der Waals surface area contributed by atoms with Crippen LogP contribution in [-0.2, 0) is 10.0 Å². The van der Waals surface area contributed by atoms with E-state index in [1.165, 1.54) is 18.2 Å². The van der Waals surface area contributed by atoms with E-state index >= 15 is 0 Å². The lowest BCUT2D eigenvalue weighted by Crippen LogP contribution is -2.12. The summed E-state index contributed by atoms with van der Waals surface area (Å²) in [7, 11) is -3.69. The lowest BCUT2D eigenvalue weighted by atomic mass is 10.3. The van der Waals surface area contributed by atoms with E-state index in [9.17, 15) is 8.42 Å². The molecule has 0 saturated heterocycles. The molecule has 0 heterocycles. The molecule has 2 N–H and O–H groups in total. The third-order valence-corrected chi connectivity index (χ3v) is 3.07. The van der Waals surface area contributed by atoms with Crippen molar-refractivity contribution in [3.8, 4) is 18.1 Å². The maximum atomic E-state index is 11.0. The molecule has 0 aliphatic rings. The summed E-state index contributed by atoms with van der Waals surface area (Å²) in [6, 6.07) is 4.20. The van der Waals surface area contributed by atoms with Gasteiger partial charge in [0.1, 0.15) is 12.4 Å². The molecule has 6 heteroatoms. The maximum absolute atomic E-state index is 11.0. The fourth-order valence-corrected chi connectivity index (χ4v) is 2.08. The molecular formula is C9H8BrNO3S. The summed E-state index contributed by atoms with van der Waals surface area (Å²) in [6.45, 7) is 0.118. The van der Waals surface area contributed by atoms with Gasteiger partial charge in [-0.3, -0.25) is 0 Å². The van der Waals surface area contributed by atoms with Gasteiger partial charge in [0, 0.05) is 0 Å². The predicted molar refractivity (Wildman–Crippen MR) is 59.8 cm³/mol. The van der Waals surface area contributed by atoms with Crippen LogP contribution >= 0.6 is 15.9 Å². The van der Waals surface area contributed by atoms with Gasteiger partial charge in [-0.15, -0.1) is 6.42 Å². The van der Waals surface area contributed by atoms with Crippen molar-refractivity contribution >= 4 is 26.0 Å². The Morgan fingerprint density at radius 3 is 2.67 bits per heavy atom. The van der Waals surface area contributed by atoms with Crippen molar-refractivity contribution in [2.75, 3.05) is 6.61 Å². The predicted octanol–water partition coefficient (Wildman–Crippen LogP) is 1.11. The first-order valence-corrected chi connectivity index (χ1v) is 6.17. The van der Waals surface area contributed by atoms with Crippen molar-refractivity contribution in [2.45, 2.75) is 4.90 Å². The van der Waals surface area contributed by atoms with E-state index in [0.29, 0.717) is 10.2 Å². The standard InChI is InChI=1S/C9H8BrNO3S/c1-2-5-14-9-4-3-7(6-8(9)10)15(11,12)13/h1,3-4,6H,5H2,(H2,11,12,13). The molecule has 1 rings (SSSR count). The van der Waals surface area contributed by atoms with Crippen molar-refractivity contribution in [3.05, 3.63) is 22.7 Å². The van der Waals surface area contributed by atoms with Gasteiger partial charge in [0.15, 0.2) is 0 Å². The molecule has 1 aromatic carbocycles. The van der Waals surface area contributed by atoms with Crippen LogP contribution in [0, 0.1) is 12.3 Å². The fraction of sp³-hybridized carbons (Fsp3) is 0.111. The molecule has 0 aromatic heterocycles. The van der Waals surface area contributed by atoms with Crippen molar-refractivity contribution < 1.29 is 13.2 Å². The van der Waals surface area contributed by atoms with E-state index in [1.807, 2.05) is 0 Å². The van der Waals surface area contributed by atoms with Crippen molar-refractivity contribution in [1.82, 2.24) is 0 Å². The summed E-state index contributed by atoms with van der Waals surface area (Å²) >= 11 is 3.16. The van der Waals surface area contributed by atoms with Crippen LogP contribution in [0.3, 0.4) is 0 Å². The number of primary sulfonamides is 1. The first-order chi connectivity index (χ1) is 6.95. The van der Waals surface area contributed by atoms with Crippen molar-refractivity contribution in [3.63, 3.8) is 0 Å². The molecule has 0 atom stereocenters. The number of nitrogens with two attached hydrogens (primary N) is 1. The molecule has 15 heavy (non-hydrogen) atoms. The zero-order valence-electron chi connectivity index (χ0n) is 7.60. The molecular weight excluding hydrogens is 282 g/mol. The summed E-state index contributed by atoms with van der Waals surface area (Å²) < 4.78 is 27.6. The minimum atomic E-state index is -3.69. The van der Waals surface area contributed by atoms with E-state index in [4.69, 9.17) is 16.3 Å². The Morgan fingerprint density at radius 2 is 2.20 bits per heavy atom. The Hall–Kier alpha value is -1.03. The number of ether oxygens (including phenoxy) is 1. The van der Waals surface area contributed by atoms with Crippen molar-refractivity contribution in [2.24, 2.45) is 5.14 Å². The quantitative estimate of drug-likeness (QED) is 0.848. The minimum absolute atomic E-state index is 0.0161. The molecule has 0 spiro atoms. The third-order valence-electron chi connectivity index (χ3n) is 1.54. The van der Waals surface area contributed by atoms with Crippen LogP contribution < -0.4 is 9.88 Å². The minimum Gasteiger partial charge on any atom is -0.480 e. The first-order valence-electron chi connectivity index (χ1n) is 3.84. The van der Waals surface area contributed by atoms with Crippen LogP contribution in [0.5, 0.6) is 5.75 Å². The average molecular weight is 290 g/mol. The van der Waals surface area contributed by atoms with Crippen LogP contribution in [0.15, 0.2) is 27.6 Å². The van der Waals surface area contributed by atoms with Gasteiger partial charge >= 0.3 is 0 Å². The fourth-order valence-electron chi connectivity index (χ4n) is 0.895. The Morgan fingerprint density at radius 1 is 1.53 bits per heavy atom. The lowest BCUT2D eigenvalue weighted by Gasteiger charge is -2.06. The lowest BCUT2D eigenvalue weighted by molar-refractivity contribution is 0.367. The molecule has 0 aliphatic heterocycles. The number of benzene rings is 1. The molecule has 0 saturated carbocycles. The highest BCUT2D eigenvalue weighted by Gasteiger charge is 2.10. The summed E-state index contributed by atoms with van der Waals surface area (Å²) in [6.07, 6.45) is 5.02. The molecule has 0 amide bonds. The number of terminal acetylenes is 1. The second-order valence-electron chi connectivity index (χ2n) is 2.63. The van der Waals surface area contributed by atoms with E-state index < -0.39 is 10.0 Å². The Balaban J connectivity index is 3.05. The van der Waals surface area contributed by atoms with E-state index in [1.54, 1.807) is 0 Å². The van der Waals surface area contributed by atoms with Gasteiger partial charge in [0.2, 0.25) is 10.0 Å². The Labute approximate surface area is 96.6 Å². The monoisotopic (exact) mass is 289 g/mol. The number of rotatable bonds is 3. The van der Waals surface area contributed by atoms with Crippen LogP contribution in [0.1, 0.15) is 0 Å². The largest absolute Gasteiger partial charge is 0.480 e. The highest BCUT2D eigenvalue weighted by molar-refractivity contribution is 9.10. The Bertz CT molecular complexity index is 505. The average Bonchev–Trinajstić information content (AvgIpc) is 2.14.